The number of aromatic hydroxyl groups is 1. The van der Waals surface area contributed by atoms with Gasteiger partial charge in [-0.05, 0) is 85.9 Å². The number of carbonyl (C=O) groups excluding carboxylic acids is 5. The van der Waals surface area contributed by atoms with Crippen molar-refractivity contribution in [2.45, 2.75) is 83.3 Å². The van der Waals surface area contributed by atoms with Gasteiger partial charge in [-0.3, -0.25) is 24.0 Å². The maximum absolute atomic E-state index is 13.6. The van der Waals surface area contributed by atoms with E-state index in [2.05, 4.69) is 15.4 Å². The molecule has 13 nitrogen and oxygen atoms in total. The molecule has 0 bridgehead atoms. The van der Waals surface area contributed by atoms with Gasteiger partial charge >= 0.3 is 5.97 Å². The lowest BCUT2D eigenvalue weighted by Crippen LogP contribution is -2.55. The number of hydrogen-bond acceptors (Lipinski definition) is 9. The molecule has 2 rings (SSSR count). The van der Waals surface area contributed by atoms with Crippen molar-refractivity contribution in [2.75, 3.05) is 32.2 Å². The van der Waals surface area contributed by atoms with Gasteiger partial charge in [0.2, 0.25) is 23.6 Å². The highest BCUT2D eigenvalue weighted by atomic mass is 35.5. The van der Waals surface area contributed by atoms with Gasteiger partial charge in [0.15, 0.2) is 0 Å². The van der Waals surface area contributed by atoms with Crippen molar-refractivity contribution in [1.82, 2.24) is 15.5 Å². The van der Waals surface area contributed by atoms with Crippen LogP contribution in [0.1, 0.15) is 60.8 Å². The highest BCUT2D eigenvalue weighted by molar-refractivity contribution is 7.98. The number of phenols is 1. The van der Waals surface area contributed by atoms with E-state index in [-0.39, 0.29) is 49.0 Å². The molecule has 9 N–H and O–H groups in total. The molecule has 0 aliphatic heterocycles. The molecule has 0 saturated carbocycles. The van der Waals surface area contributed by atoms with Gasteiger partial charge in [-0.15, -0.1) is 12.4 Å². The fraction of sp³-hybridized carbons (Fsp3) is 0.514. The van der Waals surface area contributed by atoms with E-state index in [1.165, 1.54) is 23.8 Å². The van der Waals surface area contributed by atoms with Crippen LogP contribution in [0, 0.1) is 13.8 Å². The molecule has 15 heteroatoms. The molecular formula is C35H54ClN5O8S. The molecule has 0 aromatic heterocycles. The van der Waals surface area contributed by atoms with Crippen LogP contribution in [-0.4, -0.2) is 95.4 Å². The normalized spacial score (nSPS) is 12.3. The van der Waals surface area contributed by atoms with Gasteiger partial charge in [0.05, 0.1) is 19.7 Å². The molecule has 0 heterocycles. The zero-order chi connectivity index (χ0) is 35.6. The topological polar surface area (TPSA) is 226 Å². The quantitative estimate of drug-likeness (QED) is 0.0929. The number of primary amides is 1. The molecule has 0 saturated heterocycles. The second-order valence-electron chi connectivity index (χ2n) is 11.9. The minimum absolute atomic E-state index is 0. The van der Waals surface area contributed by atoms with Crippen molar-refractivity contribution in [3.8, 4) is 5.75 Å². The maximum Gasteiger partial charge on any atom is 0.305 e. The highest BCUT2D eigenvalue weighted by Gasteiger charge is 2.30. The number of carbonyl (C=O) groups is 5. The Morgan fingerprint density at radius 1 is 0.960 bits per heavy atom. The predicted molar refractivity (Wildman–Crippen MR) is 198 cm³/mol. The van der Waals surface area contributed by atoms with Crippen LogP contribution in [-0.2, 0) is 41.6 Å². The number of esters is 1. The minimum atomic E-state index is -0.949. The van der Waals surface area contributed by atoms with Crippen LogP contribution < -0.4 is 22.1 Å². The second-order valence-corrected chi connectivity index (χ2v) is 12.9. The Kier molecular flexibility index (Phi) is 22.5. The van der Waals surface area contributed by atoms with Crippen LogP contribution in [0.15, 0.2) is 42.5 Å². The van der Waals surface area contributed by atoms with Gasteiger partial charge in [-0.1, -0.05) is 43.2 Å². The monoisotopic (exact) mass is 739 g/mol. The van der Waals surface area contributed by atoms with Crippen LogP contribution in [0.4, 0.5) is 0 Å². The van der Waals surface area contributed by atoms with Crippen molar-refractivity contribution in [1.29, 1.82) is 0 Å². The van der Waals surface area contributed by atoms with Crippen molar-refractivity contribution < 1.29 is 39.3 Å². The van der Waals surface area contributed by atoms with E-state index in [0.717, 1.165) is 28.7 Å². The number of hydrogen-bond donors (Lipinski definition) is 5. The Morgan fingerprint density at radius 3 is 2.16 bits per heavy atom. The highest BCUT2D eigenvalue weighted by Crippen LogP contribution is 2.22. The summed E-state index contributed by atoms with van der Waals surface area (Å²) in [4.78, 5) is 65.5. The van der Waals surface area contributed by atoms with Gasteiger partial charge in [0, 0.05) is 19.4 Å². The fourth-order valence-electron chi connectivity index (χ4n) is 5.44. The molecule has 3 atom stereocenters. The number of halogens is 1. The minimum Gasteiger partial charge on any atom is -0.508 e. The Bertz CT molecular complexity index is 1360. The fourth-order valence-corrected chi connectivity index (χ4v) is 5.91. The first-order valence-corrected chi connectivity index (χ1v) is 17.6. The summed E-state index contributed by atoms with van der Waals surface area (Å²) in [5.41, 5.74) is 15.3. The number of aryl methyl sites for hydroxylation is 2. The maximum atomic E-state index is 13.6. The van der Waals surface area contributed by atoms with Crippen LogP contribution in [0.25, 0.3) is 0 Å². The standard InChI is InChI=1S/C35H51N5O7S.ClH.H2O/c1-23-18-26(41)19-24(2)27(23)21-28(36)34(45)39-29(15-17-48-4)35(46)38-22-31(42)40(16-11-6-5-10-14-32(43)47-3)30(33(37)44)20-25-12-8-7-9-13-25;;/h7-9,12-13,18-19,28-30,41H,5-6,10-11,14-17,20-22,36H2,1-4H3,(H2,37,44)(H,38,46)(H,39,45);1H;1H2/t28-,29+,30-;;/m0../s1. The summed E-state index contributed by atoms with van der Waals surface area (Å²) < 4.78 is 4.68. The lowest BCUT2D eigenvalue weighted by molar-refractivity contribution is -0.140. The molecule has 0 spiro atoms. The second kappa shape index (κ2) is 24.3. The SMILES string of the molecule is COC(=O)CCCCCCN(C(=O)CNC(=O)[C@@H](CCSC)NC(=O)[C@@H](N)Cc1c(C)cc(O)cc1C)[C@@H](Cc1ccccc1)C(N)=O.Cl.O. The molecule has 0 aliphatic carbocycles. The summed E-state index contributed by atoms with van der Waals surface area (Å²) in [6.07, 6.45) is 5.56. The van der Waals surface area contributed by atoms with Gasteiger partial charge in [-0.2, -0.15) is 11.8 Å². The third-order valence-electron chi connectivity index (χ3n) is 8.15. The number of nitrogens with zero attached hydrogens (tertiary/aromatic N) is 1. The lowest BCUT2D eigenvalue weighted by Gasteiger charge is -2.30. The smallest absolute Gasteiger partial charge is 0.305 e. The van der Waals surface area contributed by atoms with Crippen LogP contribution in [0.5, 0.6) is 5.75 Å². The first kappa shape index (κ1) is 46.1. The van der Waals surface area contributed by atoms with Crippen molar-refractivity contribution >= 4 is 53.8 Å². The number of methoxy groups -OCH3 is 1. The summed E-state index contributed by atoms with van der Waals surface area (Å²) in [5, 5.41) is 15.2. The predicted octanol–water partition coefficient (Wildman–Crippen LogP) is 1.88. The van der Waals surface area contributed by atoms with Crippen LogP contribution >= 0.6 is 24.2 Å². The number of benzene rings is 2. The molecular weight excluding hydrogens is 686 g/mol. The summed E-state index contributed by atoms with van der Waals surface area (Å²) in [6, 6.07) is 9.61. The van der Waals surface area contributed by atoms with E-state index in [0.29, 0.717) is 37.9 Å². The Balaban J connectivity index is 0.0000120. The van der Waals surface area contributed by atoms with E-state index in [4.69, 9.17) is 11.5 Å². The summed E-state index contributed by atoms with van der Waals surface area (Å²) in [7, 11) is 1.34. The number of nitrogens with one attached hydrogen (secondary N) is 2. The zero-order valence-corrected chi connectivity index (χ0v) is 31.0. The molecule has 0 unspecified atom stereocenters. The van der Waals surface area contributed by atoms with Gasteiger partial charge in [-0.25, -0.2) is 0 Å². The molecule has 0 fully saturated rings. The number of thioether (sulfide) groups is 1. The molecule has 280 valence electrons. The third kappa shape index (κ3) is 15.8. The average Bonchev–Trinajstić information content (AvgIpc) is 3.05. The lowest BCUT2D eigenvalue weighted by atomic mass is 9.96. The van der Waals surface area contributed by atoms with Crippen molar-refractivity contribution in [3.63, 3.8) is 0 Å². The Hall–Kier alpha value is -3.85. The van der Waals surface area contributed by atoms with Crippen LogP contribution in [0.3, 0.4) is 0 Å². The first-order chi connectivity index (χ1) is 22.9. The number of unbranched alkanes of at least 4 members (excludes halogenated alkanes) is 3. The molecule has 0 aliphatic rings. The Labute approximate surface area is 305 Å². The van der Waals surface area contributed by atoms with E-state index in [9.17, 15) is 29.1 Å². The van der Waals surface area contributed by atoms with Crippen LogP contribution in [0.2, 0.25) is 0 Å². The first-order valence-electron chi connectivity index (χ1n) is 16.2. The third-order valence-corrected chi connectivity index (χ3v) is 8.80. The average molecular weight is 740 g/mol. The number of nitrogens with two attached hydrogens (primary N) is 2. The zero-order valence-electron chi connectivity index (χ0n) is 29.4. The molecule has 2 aromatic rings. The van der Waals surface area contributed by atoms with E-state index >= 15 is 0 Å². The van der Waals surface area contributed by atoms with Crippen molar-refractivity contribution in [3.05, 3.63) is 64.7 Å². The number of ether oxygens (including phenoxy) is 1. The number of amides is 4. The molecule has 2 aromatic carbocycles. The molecule has 0 radical (unpaired) electrons. The van der Waals surface area contributed by atoms with Gasteiger partial charge < -0.3 is 42.3 Å². The Morgan fingerprint density at radius 2 is 1.58 bits per heavy atom. The van der Waals surface area contributed by atoms with E-state index < -0.39 is 48.3 Å². The summed E-state index contributed by atoms with van der Waals surface area (Å²) in [5.74, 6) is -1.79. The van der Waals surface area contributed by atoms with Gasteiger partial charge in [0.25, 0.3) is 0 Å². The van der Waals surface area contributed by atoms with Crippen molar-refractivity contribution in [2.24, 2.45) is 11.5 Å². The van der Waals surface area contributed by atoms with Gasteiger partial charge in [0.1, 0.15) is 17.8 Å². The van der Waals surface area contributed by atoms with E-state index in [1.807, 2.05) is 50.4 Å². The number of rotatable bonds is 21. The summed E-state index contributed by atoms with van der Waals surface area (Å²) >= 11 is 1.51. The summed E-state index contributed by atoms with van der Waals surface area (Å²) in [6.45, 7) is 3.49. The molecule has 50 heavy (non-hydrogen) atoms. The largest absolute Gasteiger partial charge is 0.508 e. The molecule has 4 amide bonds. The van der Waals surface area contributed by atoms with E-state index in [1.54, 1.807) is 12.1 Å². The number of phenolic OH excluding ortho intramolecular Hbond substituents is 1.